The van der Waals surface area contributed by atoms with Gasteiger partial charge >= 0.3 is 0 Å². The van der Waals surface area contributed by atoms with Gasteiger partial charge in [-0.3, -0.25) is 4.40 Å². The summed E-state index contributed by atoms with van der Waals surface area (Å²) in [7, 11) is 0. The van der Waals surface area contributed by atoms with E-state index in [4.69, 9.17) is 0 Å². The molecular weight excluding hydrogens is 162 g/mol. The molecule has 2 heterocycles. The van der Waals surface area contributed by atoms with Crippen molar-refractivity contribution in [3.63, 3.8) is 0 Å². The van der Waals surface area contributed by atoms with Gasteiger partial charge in [0.1, 0.15) is 6.33 Å². The summed E-state index contributed by atoms with van der Waals surface area (Å²) in [5, 5.41) is 7.55. The Balaban J connectivity index is 0.000000184. The SMILES string of the molecule is CC(C)C.c1ccn2cnnc2c1. The van der Waals surface area contributed by atoms with E-state index < -0.39 is 0 Å². The summed E-state index contributed by atoms with van der Waals surface area (Å²) in [6.07, 6.45) is 3.59. The fraction of sp³-hybridized carbons (Fsp3) is 0.400. The number of fused-ring (bicyclic) bond motifs is 1. The molecule has 3 nitrogen and oxygen atoms in total. The van der Waals surface area contributed by atoms with Crippen LogP contribution in [-0.2, 0) is 0 Å². The fourth-order valence-electron chi connectivity index (χ4n) is 0.770. The van der Waals surface area contributed by atoms with Gasteiger partial charge in [0.2, 0.25) is 0 Å². The Morgan fingerprint density at radius 1 is 1.23 bits per heavy atom. The molecule has 0 aliphatic rings. The Bertz CT molecular complexity index is 319. The largest absolute Gasteiger partial charge is 0.289 e. The highest BCUT2D eigenvalue weighted by molar-refractivity contribution is 5.34. The number of rotatable bonds is 0. The topological polar surface area (TPSA) is 30.2 Å². The van der Waals surface area contributed by atoms with Gasteiger partial charge in [0, 0.05) is 6.20 Å². The minimum atomic E-state index is 0.833. The van der Waals surface area contributed by atoms with Crippen molar-refractivity contribution in [1.29, 1.82) is 0 Å². The van der Waals surface area contributed by atoms with Crippen LogP contribution in [0.4, 0.5) is 0 Å². The quantitative estimate of drug-likeness (QED) is 0.618. The predicted molar refractivity (Wildman–Crippen MR) is 53.5 cm³/mol. The van der Waals surface area contributed by atoms with Gasteiger partial charge in [-0.05, 0) is 18.1 Å². The Hall–Kier alpha value is -1.38. The molecule has 0 bridgehead atoms. The molecule has 0 spiro atoms. The van der Waals surface area contributed by atoms with Crippen molar-refractivity contribution in [2.45, 2.75) is 20.8 Å². The molecule has 0 aromatic carbocycles. The average molecular weight is 177 g/mol. The molecule has 0 saturated carbocycles. The standard InChI is InChI=1S/C6H5N3.C4H10/c1-2-4-9-5-7-8-6(9)3-1;1-4(2)3/h1-5H;4H,1-3H3. The van der Waals surface area contributed by atoms with Gasteiger partial charge in [-0.15, -0.1) is 10.2 Å². The van der Waals surface area contributed by atoms with E-state index in [0.29, 0.717) is 0 Å². The second-order valence-electron chi connectivity index (χ2n) is 3.53. The monoisotopic (exact) mass is 177 g/mol. The van der Waals surface area contributed by atoms with Crippen molar-refractivity contribution in [3.05, 3.63) is 30.7 Å². The summed E-state index contributed by atoms with van der Waals surface area (Å²) >= 11 is 0. The highest BCUT2D eigenvalue weighted by atomic mass is 15.2. The van der Waals surface area contributed by atoms with Gasteiger partial charge < -0.3 is 0 Å². The molecule has 0 amide bonds. The van der Waals surface area contributed by atoms with Crippen LogP contribution in [0.3, 0.4) is 0 Å². The van der Waals surface area contributed by atoms with Crippen molar-refractivity contribution in [2.24, 2.45) is 5.92 Å². The van der Waals surface area contributed by atoms with Crippen LogP contribution in [0.5, 0.6) is 0 Å². The first kappa shape index (κ1) is 9.71. The van der Waals surface area contributed by atoms with E-state index in [0.717, 1.165) is 11.6 Å². The van der Waals surface area contributed by atoms with E-state index in [1.807, 2.05) is 28.8 Å². The van der Waals surface area contributed by atoms with Crippen molar-refractivity contribution < 1.29 is 0 Å². The number of pyridine rings is 1. The lowest BCUT2D eigenvalue weighted by Crippen LogP contribution is -1.77. The molecule has 70 valence electrons. The zero-order chi connectivity index (χ0) is 9.68. The molecule has 0 N–H and O–H groups in total. The Kier molecular flexibility index (Phi) is 3.43. The summed E-state index contributed by atoms with van der Waals surface area (Å²) in [5.74, 6) is 0.833. The molecule has 13 heavy (non-hydrogen) atoms. The lowest BCUT2D eigenvalue weighted by atomic mass is 10.3. The zero-order valence-electron chi connectivity index (χ0n) is 8.31. The maximum atomic E-state index is 3.83. The van der Waals surface area contributed by atoms with Crippen molar-refractivity contribution >= 4 is 5.65 Å². The Morgan fingerprint density at radius 2 is 1.92 bits per heavy atom. The van der Waals surface area contributed by atoms with E-state index in [9.17, 15) is 0 Å². The van der Waals surface area contributed by atoms with Gasteiger partial charge in [0.15, 0.2) is 5.65 Å². The third-order valence-electron chi connectivity index (χ3n) is 1.20. The normalized spacial score (nSPS) is 9.85. The van der Waals surface area contributed by atoms with Crippen LogP contribution >= 0.6 is 0 Å². The smallest absolute Gasteiger partial charge is 0.160 e. The van der Waals surface area contributed by atoms with Gasteiger partial charge in [-0.2, -0.15) is 0 Å². The lowest BCUT2D eigenvalue weighted by molar-refractivity contribution is 0.737. The molecule has 2 aromatic rings. The maximum Gasteiger partial charge on any atom is 0.160 e. The van der Waals surface area contributed by atoms with Crippen LogP contribution in [0.15, 0.2) is 30.7 Å². The second-order valence-corrected chi connectivity index (χ2v) is 3.53. The van der Waals surface area contributed by atoms with Crippen LogP contribution in [0, 0.1) is 5.92 Å². The van der Waals surface area contributed by atoms with Crippen LogP contribution in [0.25, 0.3) is 5.65 Å². The molecule has 0 aliphatic carbocycles. The molecule has 0 atom stereocenters. The molecule has 2 rings (SSSR count). The summed E-state index contributed by atoms with van der Waals surface area (Å²) in [4.78, 5) is 0. The maximum absolute atomic E-state index is 3.83. The Morgan fingerprint density at radius 3 is 2.54 bits per heavy atom. The van der Waals surface area contributed by atoms with Crippen LogP contribution in [0.2, 0.25) is 0 Å². The Labute approximate surface area is 78.4 Å². The molecule has 0 unspecified atom stereocenters. The van der Waals surface area contributed by atoms with E-state index in [2.05, 4.69) is 31.0 Å². The van der Waals surface area contributed by atoms with Gasteiger partial charge in [-0.1, -0.05) is 26.8 Å². The lowest BCUT2D eigenvalue weighted by Gasteiger charge is -1.84. The third kappa shape index (κ3) is 3.23. The minimum Gasteiger partial charge on any atom is -0.289 e. The van der Waals surface area contributed by atoms with Gasteiger partial charge in [0.25, 0.3) is 0 Å². The average Bonchev–Trinajstić information content (AvgIpc) is 2.49. The summed E-state index contributed by atoms with van der Waals surface area (Å²) in [6, 6.07) is 5.79. The minimum absolute atomic E-state index is 0.833. The summed E-state index contributed by atoms with van der Waals surface area (Å²) in [5.41, 5.74) is 0.887. The van der Waals surface area contributed by atoms with Crippen molar-refractivity contribution in [2.75, 3.05) is 0 Å². The second kappa shape index (κ2) is 4.60. The molecule has 0 radical (unpaired) electrons. The van der Waals surface area contributed by atoms with Crippen molar-refractivity contribution in [1.82, 2.24) is 14.6 Å². The highest BCUT2D eigenvalue weighted by Gasteiger charge is 1.87. The zero-order valence-corrected chi connectivity index (χ0v) is 8.31. The van der Waals surface area contributed by atoms with Crippen molar-refractivity contribution in [3.8, 4) is 0 Å². The van der Waals surface area contributed by atoms with E-state index in [1.54, 1.807) is 6.33 Å². The summed E-state index contributed by atoms with van der Waals surface area (Å²) in [6.45, 7) is 6.50. The first-order valence-corrected chi connectivity index (χ1v) is 4.44. The van der Waals surface area contributed by atoms with Gasteiger partial charge in [-0.25, -0.2) is 0 Å². The van der Waals surface area contributed by atoms with Gasteiger partial charge in [0.05, 0.1) is 0 Å². The third-order valence-corrected chi connectivity index (χ3v) is 1.20. The first-order chi connectivity index (χ1) is 6.20. The predicted octanol–water partition coefficient (Wildman–Crippen LogP) is 2.39. The van der Waals surface area contributed by atoms with Crippen LogP contribution in [-0.4, -0.2) is 14.6 Å². The molecule has 3 heteroatoms. The van der Waals surface area contributed by atoms with E-state index >= 15 is 0 Å². The van der Waals surface area contributed by atoms with E-state index in [-0.39, 0.29) is 0 Å². The fourth-order valence-corrected chi connectivity index (χ4v) is 0.770. The molecular formula is C10H15N3. The highest BCUT2D eigenvalue weighted by Crippen LogP contribution is 1.94. The van der Waals surface area contributed by atoms with Crippen LogP contribution < -0.4 is 0 Å². The molecule has 2 aromatic heterocycles. The number of aromatic nitrogens is 3. The number of hydrogen-bond donors (Lipinski definition) is 0. The number of hydrogen-bond acceptors (Lipinski definition) is 2. The first-order valence-electron chi connectivity index (χ1n) is 4.44. The number of nitrogens with zero attached hydrogens (tertiary/aromatic N) is 3. The molecule has 0 saturated heterocycles. The molecule has 0 aliphatic heterocycles. The molecule has 0 fully saturated rings. The van der Waals surface area contributed by atoms with Crippen LogP contribution in [0.1, 0.15) is 20.8 Å². The summed E-state index contributed by atoms with van der Waals surface area (Å²) < 4.78 is 1.86. The van der Waals surface area contributed by atoms with E-state index in [1.165, 1.54) is 0 Å².